The van der Waals surface area contributed by atoms with Crippen molar-refractivity contribution in [2.45, 2.75) is 32.2 Å². The first-order chi connectivity index (χ1) is 14.7. The van der Waals surface area contributed by atoms with Crippen LogP contribution in [0.1, 0.15) is 30.4 Å². The van der Waals surface area contributed by atoms with Gasteiger partial charge in [-0.25, -0.2) is 4.39 Å². The first-order valence-electron chi connectivity index (χ1n) is 11.0. The summed E-state index contributed by atoms with van der Waals surface area (Å²) in [5.74, 6) is 0.513. The van der Waals surface area contributed by atoms with Crippen LogP contribution in [-0.4, -0.2) is 42.6 Å². The molecular weight excluding hydrogens is 441 g/mol. The van der Waals surface area contributed by atoms with Gasteiger partial charge in [-0.05, 0) is 74.0 Å². The van der Waals surface area contributed by atoms with Crippen molar-refractivity contribution >= 4 is 15.9 Å². The summed E-state index contributed by atoms with van der Waals surface area (Å²) in [6.45, 7) is 6.34. The van der Waals surface area contributed by atoms with Gasteiger partial charge in [0, 0.05) is 29.8 Å². The molecule has 2 heterocycles. The zero-order valence-corrected chi connectivity index (χ0v) is 19.1. The fourth-order valence-corrected chi connectivity index (χ4v) is 4.85. The molecule has 3 nitrogen and oxygen atoms in total. The summed E-state index contributed by atoms with van der Waals surface area (Å²) in [7, 11) is 0. The third kappa shape index (κ3) is 6.16. The van der Waals surface area contributed by atoms with Crippen molar-refractivity contribution < 1.29 is 4.39 Å². The number of halogens is 2. The molecule has 0 saturated carbocycles. The lowest BCUT2D eigenvalue weighted by Gasteiger charge is -2.33. The minimum atomic E-state index is -0.138. The molecule has 160 valence electrons. The summed E-state index contributed by atoms with van der Waals surface area (Å²) in [4.78, 5) is 5.00. The van der Waals surface area contributed by atoms with E-state index in [1.807, 2.05) is 6.07 Å². The van der Waals surface area contributed by atoms with Crippen LogP contribution in [0.4, 0.5) is 4.39 Å². The molecule has 0 aliphatic carbocycles. The van der Waals surface area contributed by atoms with E-state index < -0.39 is 0 Å². The van der Waals surface area contributed by atoms with Gasteiger partial charge in [-0.15, -0.1) is 0 Å². The Kier molecular flexibility index (Phi) is 7.58. The molecule has 2 aromatic rings. The summed E-state index contributed by atoms with van der Waals surface area (Å²) in [6.07, 6.45) is 6.80. The third-order valence-electron chi connectivity index (χ3n) is 6.30. The van der Waals surface area contributed by atoms with Crippen molar-refractivity contribution in [1.29, 1.82) is 0 Å². The lowest BCUT2D eigenvalue weighted by molar-refractivity contribution is 0.183. The first-order valence-corrected chi connectivity index (χ1v) is 11.8. The molecule has 0 radical (unpaired) electrons. The first kappa shape index (κ1) is 21.5. The number of nitrogens with zero attached hydrogens (tertiary/aromatic N) is 2. The van der Waals surface area contributed by atoms with E-state index in [2.05, 4.69) is 67.5 Å². The van der Waals surface area contributed by atoms with Crippen molar-refractivity contribution in [3.63, 3.8) is 0 Å². The van der Waals surface area contributed by atoms with Crippen LogP contribution < -0.4 is 5.32 Å². The number of likely N-dealkylation sites (tertiary alicyclic amines) is 1. The van der Waals surface area contributed by atoms with E-state index in [4.69, 9.17) is 0 Å². The Bertz CT molecular complexity index is 847. The topological polar surface area (TPSA) is 18.5 Å². The second kappa shape index (κ2) is 10.6. The zero-order valence-electron chi connectivity index (χ0n) is 17.5. The molecule has 5 heteroatoms. The number of piperidine rings is 1. The largest absolute Gasteiger partial charge is 0.376 e. The van der Waals surface area contributed by atoms with Gasteiger partial charge in [0.05, 0.1) is 6.67 Å². The second-order valence-corrected chi connectivity index (χ2v) is 9.39. The van der Waals surface area contributed by atoms with Crippen LogP contribution in [0.3, 0.4) is 0 Å². The number of benzene rings is 2. The molecule has 30 heavy (non-hydrogen) atoms. The van der Waals surface area contributed by atoms with Crippen LogP contribution in [0.15, 0.2) is 64.8 Å². The molecule has 2 aromatic carbocycles. The predicted molar refractivity (Wildman–Crippen MR) is 125 cm³/mol. The maximum Gasteiger partial charge on any atom is 0.123 e. The summed E-state index contributed by atoms with van der Waals surface area (Å²) in [6, 6.07) is 15.7. The molecule has 2 aliphatic heterocycles. The van der Waals surface area contributed by atoms with Gasteiger partial charge < -0.3 is 10.2 Å². The number of hydrogen-bond donors (Lipinski definition) is 1. The van der Waals surface area contributed by atoms with Gasteiger partial charge in [0.2, 0.25) is 0 Å². The average Bonchev–Trinajstić information content (AvgIpc) is 2.77. The fourth-order valence-electron chi connectivity index (χ4n) is 4.45. The molecule has 0 unspecified atom stereocenters. The molecule has 0 aromatic heterocycles. The van der Waals surface area contributed by atoms with Crippen molar-refractivity contribution in [2.24, 2.45) is 5.92 Å². The molecule has 1 fully saturated rings. The Morgan fingerprint density at radius 1 is 1.03 bits per heavy atom. The van der Waals surface area contributed by atoms with Crippen molar-refractivity contribution in [3.8, 4) is 0 Å². The van der Waals surface area contributed by atoms with Crippen molar-refractivity contribution in [3.05, 3.63) is 81.7 Å². The maximum absolute atomic E-state index is 13.5. The summed E-state index contributed by atoms with van der Waals surface area (Å²) in [5, 5.41) is 3.60. The van der Waals surface area contributed by atoms with E-state index in [0.29, 0.717) is 5.92 Å². The van der Waals surface area contributed by atoms with E-state index in [1.54, 1.807) is 6.07 Å². The number of rotatable bonds is 7. The van der Waals surface area contributed by atoms with Gasteiger partial charge in [-0.1, -0.05) is 52.3 Å². The Morgan fingerprint density at radius 3 is 2.57 bits per heavy atom. The molecule has 2 aliphatic rings. The van der Waals surface area contributed by atoms with Crippen LogP contribution in [0.25, 0.3) is 0 Å². The SMILES string of the molecule is Fc1ccc(Br)c(CC2CCN(CCC3=CCN(Cc4ccccc4)CN3)CC2)c1. The molecule has 0 bridgehead atoms. The maximum atomic E-state index is 13.5. The minimum Gasteiger partial charge on any atom is -0.376 e. The van der Waals surface area contributed by atoms with E-state index in [0.717, 1.165) is 62.3 Å². The predicted octanol–water partition coefficient (Wildman–Crippen LogP) is 5.18. The molecule has 0 amide bonds. The van der Waals surface area contributed by atoms with Gasteiger partial charge in [0.1, 0.15) is 5.82 Å². The Morgan fingerprint density at radius 2 is 1.83 bits per heavy atom. The highest BCUT2D eigenvalue weighted by Gasteiger charge is 2.21. The molecule has 1 saturated heterocycles. The highest BCUT2D eigenvalue weighted by Crippen LogP contribution is 2.26. The fraction of sp³-hybridized carbons (Fsp3) is 0.440. The number of hydrogen-bond acceptors (Lipinski definition) is 3. The van der Waals surface area contributed by atoms with Gasteiger partial charge >= 0.3 is 0 Å². The molecule has 1 N–H and O–H groups in total. The second-order valence-electron chi connectivity index (χ2n) is 8.54. The average molecular weight is 472 g/mol. The lowest BCUT2D eigenvalue weighted by atomic mass is 9.90. The Balaban J connectivity index is 1.17. The summed E-state index contributed by atoms with van der Waals surface area (Å²) in [5.41, 5.74) is 3.85. The Hall–Kier alpha value is -1.69. The van der Waals surface area contributed by atoms with E-state index in [9.17, 15) is 4.39 Å². The smallest absolute Gasteiger partial charge is 0.123 e. The quantitative estimate of drug-likeness (QED) is 0.599. The van der Waals surface area contributed by atoms with Crippen molar-refractivity contribution in [2.75, 3.05) is 32.8 Å². The summed E-state index contributed by atoms with van der Waals surface area (Å²) >= 11 is 3.57. The van der Waals surface area contributed by atoms with E-state index >= 15 is 0 Å². The van der Waals surface area contributed by atoms with Gasteiger partial charge in [0.15, 0.2) is 0 Å². The summed E-state index contributed by atoms with van der Waals surface area (Å²) < 4.78 is 14.6. The van der Waals surface area contributed by atoms with Gasteiger partial charge in [-0.2, -0.15) is 0 Å². The monoisotopic (exact) mass is 471 g/mol. The Labute approximate surface area is 188 Å². The normalized spacial score (nSPS) is 18.8. The van der Waals surface area contributed by atoms with Crippen LogP contribution in [0.2, 0.25) is 0 Å². The molecular formula is C25H31BrFN3. The van der Waals surface area contributed by atoms with E-state index in [-0.39, 0.29) is 5.82 Å². The van der Waals surface area contributed by atoms with Crippen LogP contribution in [0, 0.1) is 11.7 Å². The minimum absolute atomic E-state index is 0.138. The molecule has 0 atom stereocenters. The van der Waals surface area contributed by atoms with Gasteiger partial charge in [-0.3, -0.25) is 4.90 Å². The third-order valence-corrected chi connectivity index (χ3v) is 7.07. The number of nitrogens with one attached hydrogen (secondary N) is 1. The van der Waals surface area contributed by atoms with Crippen LogP contribution >= 0.6 is 15.9 Å². The highest BCUT2D eigenvalue weighted by atomic mass is 79.9. The molecule has 0 spiro atoms. The zero-order chi connectivity index (χ0) is 20.8. The van der Waals surface area contributed by atoms with Gasteiger partial charge in [0.25, 0.3) is 0 Å². The van der Waals surface area contributed by atoms with Crippen LogP contribution in [0.5, 0.6) is 0 Å². The standard InChI is InChI=1S/C25H31BrFN3/c26-25-7-6-23(27)17-22(25)16-20-8-12-29(13-9-20)14-10-24-11-15-30(19-28-24)18-21-4-2-1-3-5-21/h1-7,11,17,20,28H,8-10,12-16,18-19H2. The van der Waals surface area contributed by atoms with E-state index in [1.165, 1.54) is 30.2 Å². The van der Waals surface area contributed by atoms with Crippen molar-refractivity contribution in [1.82, 2.24) is 15.1 Å². The van der Waals surface area contributed by atoms with Crippen LogP contribution in [-0.2, 0) is 13.0 Å². The lowest BCUT2D eigenvalue weighted by Crippen LogP contribution is -2.40. The highest BCUT2D eigenvalue weighted by molar-refractivity contribution is 9.10. The molecule has 4 rings (SSSR count).